The molecule has 1 aromatic rings. The Labute approximate surface area is 130 Å². The molecule has 0 aliphatic carbocycles. The molecule has 1 aliphatic rings. The van der Waals surface area contributed by atoms with Crippen molar-refractivity contribution in [2.75, 3.05) is 25.9 Å². The molecular weight excluding hydrogens is 308 g/mol. The summed E-state index contributed by atoms with van der Waals surface area (Å²) in [6.45, 7) is 4.22. The van der Waals surface area contributed by atoms with Gasteiger partial charge in [-0.25, -0.2) is 13.1 Å². The molecule has 1 fully saturated rings. The smallest absolute Gasteiger partial charge is 0.263 e. The summed E-state index contributed by atoms with van der Waals surface area (Å²) < 4.78 is 24.5. The van der Waals surface area contributed by atoms with Crippen LogP contribution in [0, 0.1) is 5.92 Å². The maximum Gasteiger partial charge on any atom is 0.263 e. The van der Waals surface area contributed by atoms with E-state index in [0.29, 0.717) is 18.9 Å². The fourth-order valence-electron chi connectivity index (χ4n) is 2.52. The van der Waals surface area contributed by atoms with Gasteiger partial charge in [0.05, 0.1) is 11.1 Å². The van der Waals surface area contributed by atoms with E-state index in [1.54, 1.807) is 0 Å². The highest BCUT2D eigenvalue weighted by atomic mass is 32.2. The lowest BCUT2D eigenvalue weighted by molar-refractivity contribution is 0.0688. The van der Waals surface area contributed by atoms with Crippen LogP contribution in [0.5, 0.6) is 0 Å². The van der Waals surface area contributed by atoms with Gasteiger partial charge in [0.15, 0.2) is 0 Å². The van der Waals surface area contributed by atoms with Crippen LogP contribution in [0.4, 0.5) is 0 Å². The van der Waals surface area contributed by atoms with Crippen LogP contribution in [0.15, 0.2) is 12.1 Å². The van der Waals surface area contributed by atoms with E-state index in [0.717, 1.165) is 35.5 Å². The summed E-state index contributed by atoms with van der Waals surface area (Å²) in [5, 5.41) is 0. The van der Waals surface area contributed by atoms with Gasteiger partial charge in [-0.3, -0.25) is 4.79 Å². The standard InChI is InChI=1S/C14H22N2O3S2/c1-11-4-3-9-16(10-11)14(17)13-6-5-12(20-13)7-8-15-21(2,18)19/h5-6,11,15H,3-4,7-10H2,1-2H3. The van der Waals surface area contributed by atoms with E-state index in [-0.39, 0.29) is 5.91 Å². The van der Waals surface area contributed by atoms with Gasteiger partial charge < -0.3 is 4.90 Å². The monoisotopic (exact) mass is 330 g/mol. The summed E-state index contributed by atoms with van der Waals surface area (Å²) in [5.41, 5.74) is 0. The van der Waals surface area contributed by atoms with E-state index in [1.807, 2.05) is 17.0 Å². The predicted molar refractivity (Wildman–Crippen MR) is 85.2 cm³/mol. The molecule has 2 rings (SSSR count). The van der Waals surface area contributed by atoms with Gasteiger partial charge in [-0.2, -0.15) is 0 Å². The van der Waals surface area contributed by atoms with Gasteiger partial charge in [0, 0.05) is 24.5 Å². The zero-order valence-electron chi connectivity index (χ0n) is 12.5. The Kier molecular flexibility index (Phi) is 5.40. The van der Waals surface area contributed by atoms with Crippen LogP contribution in [0.1, 0.15) is 34.3 Å². The van der Waals surface area contributed by atoms with Gasteiger partial charge in [0.1, 0.15) is 0 Å². The molecule has 0 aromatic carbocycles. The molecule has 1 N–H and O–H groups in total. The lowest BCUT2D eigenvalue weighted by atomic mass is 10.0. The Balaban J connectivity index is 1.91. The molecule has 0 saturated carbocycles. The minimum Gasteiger partial charge on any atom is -0.338 e. The van der Waals surface area contributed by atoms with E-state index in [1.165, 1.54) is 17.8 Å². The normalized spacial score (nSPS) is 19.7. The first kappa shape index (κ1) is 16.5. The van der Waals surface area contributed by atoms with Crippen molar-refractivity contribution in [3.8, 4) is 0 Å². The second-order valence-electron chi connectivity index (χ2n) is 5.68. The first-order chi connectivity index (χ1) is 9.85. The number of rotatable bonds is 5. The van der Waals surface area contributed by atoms with Crippen LogP contribution in [0.2, 0.25) is 0 Å². The van der Waals surface area contributed by atoms with E-state index in [2.05, 4.69) is 11.6 Å². The van der Waals surface area contributed by atoms with E-state index >= 15 is 0 Å². The zero-order valence-corrected chi connectivity index (χ0v) is 14.1. The Morgan fingerprint density at radius 3 is 2.90 bits per heavy atom. The number of nitrogens with one attached hydrogen (secondary N) is 1. The molecule has 0 bridgehead atoms. The van der Waals surface area contributed by atoms with Crippen molar-refractivity contribution >= 4 is 27.3 Å². The minimum atomic E-state index is -3.15. The fourth-order valence-corrected chi connectivity index (χ4v) is 3.96. The van der Waals surface area contributed by atoms with Gasteiger partial charge in [0.25, 0.3) is 5.91 Å². The fraction of sp³-hybridized carbons (Fsp3) is 0.643. The molecule has 2 heterocycles. The molecule has 1 aliphatic heterocycles. The van der Waals surface area contributed by atoms with Crippen molar-refractivity contribution in [1.29, 1.82) is 0 Å². The van der Waals surface area contributed by atoms with Crippen LogP contribution in [-0.4, -0.2) is 45.1 Å². The molecule has 0 radical (unpaired) electrons. The van der Waals surface area contributed by atoms with Gasteiger partial charge in [0.2, 0.25) is 10.0 Å². The van der Waals surface area contributed by atoms with Crippen LogP contribution in [0.3, 0.4) is 0 Å². The molecule has 1 atom stereocenters. The van der Waals surface area contributed by atoms with Crippen LogP contribution < -0.4 is 4.72 Å². The molecule has 5 nitrogen and oxygen atoms in total. The number of nitrogens with zero attached hydrogens (tertiary/aromatic N) is 1. The highest BCUT2D eigenvalue weighted by molar-refractivity contribution is 7.88. The van der Waals surface area contributed by atoms with Crippen LogP contribution in [-0.2, 0) is 16.4 Å². The quantitative estimate of drug-likeness (QED) is 0.894. The second kappa shape index (κ2) is 6.89. The summed E-state index contributed by atoms with van der Waals surface area (Å²) in [4.78, 5) is 16.1. The van der Waals surface area contributed by atoms with E-state index < -0.39 is 10.0 Å². The number of carbonyl (C=O) groups is 1. The minimum absolute atomic E-state index is 0.105. The zero-order chi connectivity index (χ0) is 15.5. The first-order valence-corrected chi connectivity index (χ1v) is 9.88. The van der Waals surface area contributed by atoms with Gasteiger partial charge in [-0.1, -0.05) is 6.92 Å². The molecule has 118 valence electrons. The Hall–Kier alpha value is -0.920. The lowest BCUT2D eigenvalue weighted by Crippen LogP contribution is -2.38. The maximum atomic E-state index is 12.4. The number of likely N-dealkylation sites (tertiary alicyclic amines) is 1. The number of thiophene rings is 1. The van der Waals surface area contributed by atoms with Crippen molar-refractivity contribution in [2.24, 2.45) is 5.92 Å². The molecule has 1 saturated heterocycles. The van der Waals surface area contributed by atoms with E-state index in [9.17, 15) is 13.2 Å². The number of amides is 1. The lowest BCUT2D eigenvalue weighted by Gasteiger charge is -2.30. The Morgan fingerprint density at radius 1 is 1.48 bits per heavy atom. The molecule has 21 heavy (non-hydrogen) atoms. The third kappa shape index (κ3) is 5.09. The molecular formula is C14H22N2O3S2. The topological polar surface area (TPSA) is 66.5 Å². The molecule has 1 unspecified atom stereocenters. The van der Waals surface area contributed by atoms with Gasteiger partial charge >= 0.3 is 0 Å². The van der Waals surface area contributed by atoms with Crippen molar-refractivity contribution < 1.29 is 13.2 Å². The first-order valence-electron chi connectivity index (χ1n) is 7.18. The summed E-state index contributed by atoms with van der Waals surface area (Å²) in [7, 11) is -3.15. The predicted octanol–water partition coefficient (Wildman–Crippen LogP) is 1.71. The van der Waals surface area contributed by atoms with Gasteiger partial charge in [-0.05, 0) is 37.3 Å². The van der Waals surface area contributed by atoms with E-state index in [4.69, 9.17) is 0 Å². The molecule has 7 heteroatoms. The summed E-state index contributed by atoms with van der Waals surface area (Å²) in [6.07, 6.45) is 4.02. The number of carbonyl (C=O) groups excluding carboxylic acids is 1. The summed E-state index contributed by atoms with van der Waals surface area (Å²) in [6, 6.07) is 3.76. The maximum absolute atomic E-state index is 12.4. The van der Waals surface area contributed by atoms with Crippen molar-refractivity contribution in [3.05, 3.63) is 21.9 Å². The van der Waals surface area contributed by atoms with Crippen LogP contribution in [0.25, 0.3) is 0 Å². The Morgan fingerprint density at radius 2 is 2.24 bits per heavy atom. The highest BCUT2D eigenvalue weighted by Gasteiger charge is 2.23. The largest absolute Gasteiger partial charge is 0.338 e. The Bertz CT molecular complexity index is 595. The third-order valence-electron chi connectivity index (χ3n) is 3.55. The number of hydrogen-bond donors (Lipinski definition) is 1. The average Bonchev–Trinajstić information content (AvgIpc) is 2.85. The number of piperidine rings is 1. The second-order valence-corrected chi connectivity index (χ2v) is 8.68. The summed E-state index contributed by atoms with van der Waals surface area (Å²) >= 11 is 1.46. The average molecular weight is 330 g/mol. The molecule has 1 aromatic heterocycles. The number of sulfonamides is 1. The SMILES string of the molecule is CC1CCCN(C(=O)c2ccc(CCNS(C)(=O)=O)s2)C1. The van der Waals surface area contributed by atoms with Crippen LogP contribution >= 0.6 is 11.3 Å². The highest BCUT2D eigenvalue weighted by Crippen LogP contribution is 2.22. The molecule has 0 spiro atoms. The summed E-state index contributed by atoms with van der Waals surface area (Å²) in [5.74, 6) is 0.676. The molecule has 1 amide bonds. The third-order valence-corrected chi connectivity index (χ3v) is 5.41. The van der Waals surface area contributed by atoms with Crippen molar-refractivity contribution in [1.82, 2.24) is 9.62 Å². The van der Waals surface area contributed by atoms with Crippen molar-refractivity contribution in [3.63, 3.8) is 0 Å². The van der Waals surface area contributed by atoms with Gasteiger partial charge in [-0.15, -0.1) is 11.3 Å². The number of hydrogen-bond acceptors (Lipinski definition) is 4. The van der Waals surface area contributed by atoms with Crippen molar-refractivity contribution in [2.45, 2.75) is 26.2 Å².